The van der Waals surface area contributed by atoms with Gasteiger partial charge in [0.2, 0.25) is 5.88 Å². The van der Waals surface area contributed by atoms with Crippen LogP contribution in [-0.4, -0.2) is 27.0 Å². The van der Waals surface area contributed by atoms with Gasteiger partial charge in [-0.15, -0.1) is 0 Å². The molecule has 0 aliphatic carbocycles. The van der Waals surface area contributed by atoms with Crippen molar-refractivity contribution in [2.24, 2.45) is 0 Å². The Kier molecular flexibility index (Phi) is 2.56. The third-order valence-corrected chi connectivity index (χ3v) is 2.84. The molecule has 3 aromatic rings. The summed E-state index contributed by atoms with van der Waals surface area (Å²) in [6.07, 6.45) is 1.65. The predicted octanol–water partition coefficient (Wildman–Crippen LogP) is 1.63. The summed E-state index contributed by atoms with van der Waals surface area (Å²) in [6, 6.07) is 5.10. The van der Waals surface area contributed by atoms with Crippen molar-refractivity contribution in [3.63, 3.8) is 0 Å². The molecule has 0 fully saturated rings. The number of fused-ring (bicyclic) bond motifs is 1. The molecule has 3 rings (SSSR count). The van der Waals surface area contributed by atoms with Crippen LogP contribution in [0.15, 0.2) is 29.2 Å². The number of methoxy groups -OCH3 is 1. The molecule has 0 amide bonds. The third kappa shape index (κ3) is 1.97. The van der Waals surface area contributed by atoms with Crippen molar-refractivity contribution < 1.29 is 4.74 Å². The molecule has 0 spiro atoms. The Balaban J connectivity index is 2.17. The molecular formula is C13H12N4O2. The van der Waals surface area contributed by atoms with Gasteiger partial charge in [0, 0.05) is 24.0 Å². The van der Waals surface area contributed by atoms with Crippen molar-refractivity contribution in [3.8, 4) is 17.3 Å². The largest absolute Gasteiger partial charge is 0.481 e. The fourth-order valence-corrected chi connectivity index (χ4v) is 1.87. The number of nitrogens with one attached hydrogen (secondary N) is 2. The van der Waals surface area contributed by atoms with Crippen LogP contribution >= 0.6 is 0 Å². The van der Waals surface area contributed by atoms with E-state index in [0.717, 1.165) is 11.2 Å². The Morgan fingerprint density at radius 1 is 1.26 bits per heavy atom. The molecule has 0 saturated carbocycles. The summed E-state index contributed by atoms with van der Waals surface area (Å²) in [7, 11) is 1.55. The molecule has 0 radical (unpaired) electrons. The first-order chi connectivity index (χ1) is 9.17. The zero-order valence-corrected chi connectivity index (χ0v) is 10.5. The first kappa shape index (κ1) is 11.5. The highest BCUT2D eigenvalue weighted by Crippen LogP contribution is 2.18. The molecule has 6 heteroatoms. The Bertz CT molecular complexity index is 804. The standard InChI is InChI=1S/C13H12N4O2/c1-7-5-10(18)8(6-14-7)12-15-9-3-4-11(19-2)16-13(9)17-12/h3-6H,1-2H3,(H,14,18)(H,15,16,17). The van der Waals surface area contributed by atoms with E-state index in [-0.39, 0.29) is 5.43 Å². The quantitative estimate of drug-likeness (QED) is 0.730. The summed E-state index contributed by atoms with van der Waals surface area (Å²) < 4.78 is 5.04. The molecule has 0 aromatic carbocycles. The maximum absolute atomic E-state index is 11.9. The fourth-order valence-electron chi connectivity index (χ4n) is 1.87. The highest BCUT2D eigenvalue weighted by atomic mass is 16.5. The molecule has 2 N–H and O–H groups in total. The minimum Gasteiger partial charge on any atom is -0.481 e. The van der Waals surface area contributed by atoms with E-state index in [1.54, 1.807) is 19.4 Å². The van der Waals surface area contributed by atoms with Crippen molar-refractivity contribution in [2.45, 2.75) is 6.92 Å². The summed E-state index contributed by atoms with van der Waals surface area (Å²) in [4.78, 5) is 26.5. The summed E-state index contributed by atoms with van der Waals surface area (Å²) in [5.74, 6) is 0.986. The van der Waals surface area contributed by atoms with Crippen LogP contribution in [0, 0.1) is 6.92 Å². The van der Waals surface area contributed by atoms with Crippen LogP contribution in [0.3, 0.4) is 0 Å². The van der Waals surface area contributed by atoms with Gasteiger partial charge in [-0.2, -0.15) is 4.98 Å². The molecule has 96 valence electrons. The zero-order valence-electron chi connectivity index (χ0n) is 10.5. The Morgan fingerprint density at radius 2 is 2.11 bits per heavy atom. The molecule has 0 unspecified atom stereocenters. The lowest BCUT2D eigenvalue weighted by atomic mass is 10.2. The summed E-state index contributed by atoms with van der Waals surface area (Å²) in [5, 5.41) is 0. The summed E-state index contributed by atoms with van der Waals surface area (Å²) in [5.41, 5.74) is 2.50. The number of hydrogen-bond donors (Lipinski definition) is 2. The number of rotatable bonds is 2. The lowest BCUT2D eigenvalue weighted by Crippen LogP contribution is -2.05. The van der Waals surface area contributed by atoms with E-state index in [1.807, 2.05) is 13.0 Å². The SMILES string of the molecule is COc1ccc2[nH]c(-c3c[nH]c(C)cc3=O)nc2n1. The van der Waals surface area contributed by atoms with Crippen LogP contribution in [0.2, 0.25) is 0 Å². The lowest BCUT2D eigenvalue weighted by molar-refractivity contribution is 0.399. The van der Waals surface area contributed by atoms with Crippen molar-refractivity contribution >= 4 is 11.2 Å². The molecular weight excluding hydrogens is 244 g/mol. The molecule has 3 aromatic heterocycles. The molecule has 0 aliphatic heterocycles. The van der Waals surface area contributed by atoms with E-state index in [0.29, 0.717) is 22.9 Å². The minimum absolute atomic E-state index is 0.0812. The highest BCUT2D eigenvalue weighted by Gasteiger charge is 2.10. The molecule has 0 saturated heterocycles. The predicted molar refractivity (Wildman–Crippen MR) is 71.2 cm³/mol. The van der Waals surface area contributed by atoms with Crippen molar-refractivity contribution in [1.29, 1.82) is 0 Å². The number of ether oxygens (including phenoxy) is 1. The second-order valence-electron chi connectivity index (χ2n) is 4.20. The van der Waals surface area contributed by atoms with Crippen molar-refractivity contribution in [1.82, 2.24) is 19.9 Å². The Hall–Kier alpha value is -2.63. The minimum atomic E-state index is -0.0812. The van der Waals surface area contributed by atoms with Gasteiger partial charge in [0.25, 0.3) is 0 Å². The number of aryl methyl sites for hydroxylation is 1. The van der Waals surface area contributed by atoms with E-state index < -0.39 is 0 Å². The molecule has 0 atom stereocenters. The molecule has 0 aliphatic rings. The number of pyridine rings is 2. The van der Waals surface area contributed by atoms with Gasteiger partial charge in [-0.25, -0.2) is 4.98 Å². The van der Waals surface area contributed by atoms with Crippen LogP contribution in [-0.2, 0) is 0 Å². The molecule has 6 nitrogen and oxygen atoms in total. The number of H-pyrrole nitrogens is 2. The second-order valence-corrected chi connectivity index (χ2v) is 4.20. The first-order valence-corrected chi connectivity index (χ1v) is 5.78. The zero-order chi connectivity index (χ0) is 13.4. The van der Waals surface area contributed by atoms with Gasteiger partial charge in [-0.05, 0) is 13.0 Å². The van der Waals surface area contributed by atoms with Gasteiger partial charge < -0.3 is 14.7 Å². The van der Waals surface area contributed by atoms with E-state index >= 15 is 0 Å². The monoisotopic (exact) mass is 256 g/mol. The van der Waals surface area contributed by atoms with Crippen LogP contribution in [0.5, 0.6) is 5.88 Å². The Morgan fingerprint density at radius 3 is 2.84 bits per heavy atom. The smallest absolute Gasteiger partial charge is 0.215 e. The van der Waals surface area contributed by atoms with Gasteiger partial charge in [-0.3, -0.25) is 4.79 Å². The number of aromatic nitrogens is 4. The van der Waals surface area contributed by atoms with Gasteiger partial charge in [0.15, 0.2) is 11.1 Å². The lowest BCUT2D eigenvalue weighted by Gasteiger charge is -1.96. The van der Waals surface area contributed by atoms with E-state index in [2.05, 4.69) is 19.9 Å². The van der Waals surface area contributed by atoms with Gasteiger partial charge >= 0.3 is 0 Å². The fraction of sp³-hybridized carbons (Fsp3) is 0.154. The highest BCUT2D eigenvalue weighted by molar-refractivity contribution is 5.76. The summed E-state index contributed by atoms with van der Waals surface area (Å²) >= 11 is 0. The number of hydrogen-bond acceptors (Lipinski definition) is 4. The third-order valence-electron chi connectivity index (χ3n) is 2.84. The van der Waals surface area contributed by atoms with E-state index in [9.17, 15) is 4.79 Å². The first-order valence-electron chi connectivity index (χ1n) is 5.78. The van der Waals surface area contributed by atoms with Crippen molar-refractivity contribution in [3.05, 3.63) is 40.3 Å². The molecule has 19 heavy (non-hydrogen) atoms. The number of imidazole rings is 1. The van der Waals surface area contributed by atoms with Gasteiger partial charge in [0.05, 0.1) is 18.2 Å². The Labute approximate surface area is 108 Å². The number of nitrogens with zero attached hydrogens (tertiary/aromatic N) is 2. The topological polar surface area (TPSA) is 83.7 Å². The maximum atomic E-state index is 11.9. The molecule has 0 bridgehead atoms. The van der Waals surface area contributed by atoms with Gasteiger partial charge in [-0.1, -0.05) is 0 Å². The average Bonchev–Trinajstić information content (AvgIpc) is 2.80. The second kappa shape index (κ2) is 4.24. The van der Waals surface area contributed by atoms with Crippen LogP contribution < -0.4 is 10.2 Å². The van der Waals surface area contributed by atoms with Crippen LogP contribution in [0.25, 0.3) is 22.6 Å². The number of aromatic amines is 2. The average molecular weight is 256 g/mol. The van der Waals surface area contributed by atoms with E-state index in [1.165, 1.54) is 6.07 Å². The normalized spacial score (nSPS) is 10.8. The van der Waals surface area contributed by atoms with Crippen LogP contribution in [0.1, 0.15) is 5.69 Å². The van der Waals surface area contributed by atoms with Crippen LogP contribution in [0.4, 0.5) is 0 Å². The van der Waals surface area contributed by atoms with Gasteiger partial charge in [0.1, 0.15) is 5.82 Å². The summed E-state index contributed by atoms with van der Waals surface area (Å²) in [6.45, 7) is 1.83. The molecule has 3 heterocycles. The maximum Gasteiger partial charge on any atom is 0.215 e. The van der Waals surface area contributed by atoms with Crippen molar-refractivity contribution in [2.75, 3.05) is 7.11 Å². The van der Waals surface area contributed by atoms with E-state index in [4.69, 9.17) is 4.74 Å².